The Bertz CT molecular complexity index is 200. The molecule has 0 spiro atoms. The topological polar surface area (TPSA) is 26.3 Å². The van der Waals surface area contributed by atoms with Crippen molar-refractivity contribution in [3.63, 3.8) is 0 Å². The second-order valence-electron chi connectivity index (χ2n) is 4.56. The average molecular weight is 221 g/mol. The first-order chi connectivity index (χ1) is 5.88. The van der Waals surface area contributed by atoms with Gasteiger partial charge in [-0.3, -0.25) is 4.79 Å². The van der Waals surface area contributed by atoms with Crippen molar-refractivity contribution in [2.45, 2.75) is 50.4 Å². The fraction of sp³-hybridized carbons (Fsp3) is 0.889. The van der Waals surface area contributed by atoms with Gasteiger partial charge >= 0.3 is 0 Å². The first-order valence-corrected chi connectivity index (χ1v) is 8.57. The van der Waals surface area contributed by atoms with E-state index in [0.29, 0.717) is 12.8 Å². The average Bonchev–Trinajstić information content (AvgIpc) is 1.94. The monoisotopic (exact) mass is 220 g/mol. The lowest BCUT2D eigenvalue weighted by Crippen LogP contribution is -2.38. The lowest BCUT2D eigenvalue weighted by Gasteiger charge is -2.30. The standard InChI is InChI=1S/C9H17ClO2Si/c1-13(2,3)12-7-4-5-9(11)8(10)6-7/h7-8H,4-6H2,1-3H3. The minimum absolute atomic E-state index is 0.178. The zero-order chi connectivity index (χ0) is 10.1. The van der Waals surface area contributed by atoms with E-state index < -0.39 is 8.32 Å². The molecule has 0 heterocycles. The van der Waals surface area contributed by atoms with Crippen molar-refractivity contribution in [2.24, 2.45) is 0 Å². The smallest absolute Gasteiger partial charge is 0.184 e. The number of hydrogen-bond acceptors (Lipinski definition) is 2. The van der Waals surface area contributed by atoms with Crippen LogP contribution in [-0.4, -0.2) is 25.6 Å². The highest BCUT2D eigenvalue weighted by molar-refractivity contribution is 6.69. The molecule has 1 fully saturated rings. The van der Waals surface area contributed by atoms with Gasteiger partial charge in [-0.1, -0.05) is 0 Å². The maximum absolute atomic E-state index is 11.1. The summed E-state index contributed by atoms with van der Waals surface area (Å²) in [5.41, 5.74) is 0. The molecule has 0 saturated heterocycles. The number of rotatable bonds is 2. The van der Waals surface area contributed by atoms with Crippen molar-refractivity contribution in [1.82, 2.24) is 0 Å². The number of carbonyl (C=O) groups is 1. The van der Waals surface area contributed by atoms with Gasteiger partial charge in [-0.2, -0.15) is 0 Å². The molecule has 13 heavy (non-hydrogen) atoms. The third-order valence-corrected chi connectivity index (χ3v) is 3.51. The van der Waals surface area contributed by atoms with Crippen LogP contribution in [0.4, 0.5) is 0 Å². The van der Waals surface area contributed by atoms with Gasteiger partial charge in [0.05, 0.1) is 5.38 Å². The van der Waals surface area contributed by atoms with Crippen LogP contribution in [-0.2, 0) is 9.22 Å². The van der Waals surface area contributed by atoms with Crippen LogP contribution in [0.5, 0.6) is 0 Å². The molecule has 76 valence electrons. The number of hydrogen-bond donors (Lipinski definition) is 0. The molecule has 1 saturated carbocycles. The van der Waals surface area contributed by atoms with E-state index in [-0.39, 0.29) is 17.3 Å². The van der Waals surface area contributed by atoms with E-state index in [2.05, 4.69) is 19.6 Å². The largest absolute Gasteiger partial charge is 0.415 e. The van der Waals surface area contributed by atoms with Crippen LogP contribution in [0.15, 0.2) is 0 Å². The maximum atomic E-state index is 11.1. The predicted molar refractivity (Wildman–Crippen MR) is 56.7 cm³/mol. The molecule has 2 nitrogen and oxygen atoms in total. The minimum Gasteiger partial charge on any atom is -0.415 e. The summed E-state index contributed by atoms with van der Waals surface area (Å²) in [6.07, 6.45) is 2.35. The Balaban J connectivity index is 2.42. The van der Waals surface area contributed by atoms with Gasteiger partial charge in [-0.05, 0) is 32.5 Å². The van der Waals surface area contributed by atoms with Crippen molar-refractivity contribution in [3.05, 3.63) is 0 Å². The molecule has 2 atom stereocenters. The first kappa shape index (κ1) is 11.2. The van der Waals surface area contributed by atoms with E-state index in [1.165, 1.54) is 0 Å². The first-order valence-electron chi connectivity index (χ1n) is 4.73. The van der Waals surface area contributed by atoms with Crippen LogP contribution in [0.2, 0.25) is 19.6 Å². The van der Waals surface area contributed by atoms with Crippen LogP contribution in [0.3, 0.4) is 0 Å². The van der Waals surface area contributed by atoms with Crippen molar-refractivity contribution in [2.75, 3.05) is 0 Å². The van der Waals surface area contributed by atoms with Crippen molar-refractivity contribution >= 4 is 25.7 Å². The van der Waals surface area contributed by atoms with Gasteiger partial charge in [-0.25, -0.2) is 0 Å². The van der Waals surface area contributed by atoms with Gasteiger partial charge in [0, 0.05) is 12.5 Å². The van der Waals surface area contributed by atoms with Gasteiger partial charge in [0.2, 0.25) is 0 Å². The number of halogens is 1. The molecular weight excluding hydrogens is 204 g/mol. The summed E-state index contributed by atoms with van der Waals surface area (Å²) in [5, 5.41) is -0.310. The van der Waals surface area contributed by atoms with E-state index in [4.69, 9.17) is 16.0 Å². The molecule has 0 amide bonds. The Hall–Kier alpha value is 0.137. The Labute approximate surface area is 85.7 Å². The van der Waals surface area contributed by atoms with Crippen LogP contribution < -0.4 is 0 Å². The number of Topliss-reactive ketones (excluding diaryl/α,β-unsaturated/α-hetero) is 1. The number of alkyl halides is 1. The van der Waals surface area contributed by atoms with Crippen LogP contribution in [0, 0.1) is 0 Å². The maximum Gasteiger partial charge on any atom is 0.184 e. The summed E-state index contributed by atoms with van der Waals surface area (Å²) < 4.78 is 5.90. The molecular formula is C9H17ClO2Si. The Morgan fingerprint density at radius 3 is 2.54 bits per heavy atom. The van der Waals surface area contributed by atoms with E-state index in [1.54, 1.807) is 0 Å². The van der Waals surface area contributed by atoms with E-state index >= 15 is 0 Å². The van der Waals surface area contributed by atoms with Crippen molar-refractivity contribution in [3.8, 4) is 0 Å². The molecule has 2 unspecified atom stereocenters. The number of carbonyl (C=O) groups excluding carboxylic acids is 1. The fourth-order valence-electron chi connectivity index (χ4n) is 1.55. The SMILES string of the molecule is C[Si](C)(C)OC1CCC(=O)C(Cl)C1. The van der Waals surface area contributed by atoms with Crippen molar-refractivity contribution in [1.29, 1.82) is 0 Å². The molecule has 4 heteroatoms. The zero-order valence-electron chi connectivity index (χ0n) is 8.47. The van der Waals surface area contributed by atoms with Gasteiger partial charge in [0.1, 0.15) is 0 Å². The fourth-order valence-corrected chi connectivity index (χ4v) is 3.07. The highest BCUT2D eigenvalue weighted by Crippen LogP contribution is 2.24. The summed E-state index contributed by atoms with van der Waals surface area (Å²) in [6.45, 7) is 6.48. The molecule has 0 aliphatic heterocycles. The lowest BCUT2D eigenvalue weighted by molar-refractivity contribution is -0.121. The summed E-state index contributed by atoms with van der Waals surface area (Å²) in [5.74, 6) is 0.178. The second-order valence-corrected chi connectivity index (χ2v) is 9.55. The van der Waals surface area contributed by atoms with Crippen LogP contribution >= 0.6 is 11.6 Å². The summed E-state index contributed by atoms with van der Waals surface area (Å²) in [4.78, 5) is 11.1. The lowest BCUT2D eigenvalue weighted by atomic mass is 9.96. The molecule has 0 bridgehead atoms. The predicted octanol–water partition coefficient (Wildman–Crippen LogP) is 2.57. The summed E-state index contributed by atoms with van der Waals surface area (Å²) >= 11 is 5.88. The third kappa shape index (κ3) is 3.79. The zero-order valence-corrected chi connectivity index (χ0v) is 10.2. The van der Waals surface area contributed by atoms with E-state index in [0.717, 1.165) is 6.42 Å². The van der Waals surface area contributed by atoms with Crippen LogP contribution in [0.25, 0.3) is 0 Å². The van der Waals surface area contributed by atoms with Gasteiger partial charge in [-0.15, -0.1) is 11.6 Å². The van der Waals surface area contributed by atoms with Gasteiger partial charge in [0.25, 0.3) is 0 Å². The Morgan fingerprint density at radius 1 is 1.46 bits per heavy atom. The number of ketones is 1. The molecule has 0 N–H and O–H groups in total. The quantitative estimate of drug-likeness (QED) is 0.528. The molecule has 0 aromatic carbocycles. The van der Waals surface area contributed by atoms with Gasteiger partial charge < -0.3 is 4.43 Å². The summed E-state index contributed by atoms with van der Waals surface area (Å²) in [7, 11) is -1.47. The highest BCUT2D eigenvalue weighted by Gasteiger charge is 2.30. The molecule has 0 aromatic heterocycles. The molecule has 1 rings (SSSR count). The van der Waals surface area contributed by atoms with E-state index in [9.17, 15) is 4.79 Å². The van der Waals surface area contributed by atoms with Gasteiger partial charge in [0.15, 0.2) is 14.1 Å². The molecule has 0 aromatic rings. The minimum atomic E-state index is -1.47. The Kier molecular flexibility index (Phi) is 3.55. The van der Waals surface area contributed by atoms with E-state index in [1.807, 2.05) is 0 Å². The molecule has 0 radical (unpaired) electrons. The highest BCUT2D eigenvalue weighted by atomic mass is 35.5. The van der Waals surface area contributed by atoms with Crippen molar-refractivity contribution < 1.29 is 9.22 Å². The summed E-state index contributed by atoms with van der Waals surface area (Å²) in [6, 6.07) is 0. The Morgan fingerprint density at radius 2 is 2.08 bits per heavy atom. The van der Waals surface area contributed by atoms with Crippen LogP contribution in [0.1, 0.15) is 19.3 Å². The molecule has 1 aliphatic rings. The normalized spacial score (nSPS) is 30.6. The third-order valence-electron chi connectivity index (χ3n) is 2.05. The second kappa shape index (κ2) is 4.11. The molecule has 1 aliphatic carbocycles.